The normalized spacial score (nSPS) is 17.6. The average molecular weight is 240 g/mol. The van der Waals surface area contributed by atoms with Crippen molar-refractivity contribution in [3.63, 3.8) is 0 Å². The first-order valence-electron chi connectivity index (χ1n) is 6.68. The Morgan fingerprint density at radius 2 is 1.65 bits per heavy atom. The molecule has 98 valence electrons. The third-order valence-electron chi connectivity index (χ3n) is 3.07. The number of hydrogen-bond acceptors (Lipinski definition) is 2. The molecule has 0 bridgehead atoms. The summed E-state index contributed by atoms with van der Waals surface area (Å²) < 4.78 is 0. The van der Waals surface area contributed by atoms with Crippen LogP contribution >= 0.6 is 0 Å². The van der Waals surface area contributed by atoms with Crippen molar-refractivity contribution in [2.24, 2.45) is 5.92 Å². The van der Waals surface area contributed by atoms with Crippen LogP contribution in [0.1, 0.15) is 52.4 Å². The standard InChI is InChI=1S/C13H24N2O2/c1-10(2)9-14-12(16)13(17)15-11-7-5-3-4-6-8-11/h10-11H,3-9H2,1-2H3,(H,14,16)(H,15,17). The van der Waals surface area contributed by atoms with Gasteiger partial charge in [0.2, 0.25) is 0 Å². The van der Waals surface area contributed by atoms with Gasteiger partial charge < -0.3 is 10.6 Å². The van der Waals surface area contributed by atoms with Crippen molar-refractivity contribution in [1.29, 1.82) is 0 Å². The van der Waals surface area contributed by atoms with Gasteiger partial charge in [0.15, 0.2) is 0 Å². The average Bonchev–Trinajstić information content (AvgIpc) is 2.54. The fraction of sp³-hybridized carbons (Fsp3) is 0.846. The van der Waals surface area contributed by atoms with Gasteiger partial charge in [-0.25, -0.2) is 0 Å². The highest BCUT2D eigenvalue weighted by Crippen LogP contribution is 2.16. The molecule has 0 radical (unpaired) electrons. The van der Waals surface area contributed by atoms with E-state index in [0.717, 1.165) is 25.7 Å². The van der Waals surface area contributed by atoms with Crippen LogP contribution in [0.4, 0.5) is 0 Å². The van der Waals surface area contributed by atoms with Crippen LogP contribution in [0.3, 0.4) is 0 Å². The molecule has 4 nitrogen and oxygen atoms in total. The Bertz CT molecular complexity index is 256. The zero-order valence-corrected chi connectivity index (χ0v) is 10.9. The summed E-state index contributed by atoms with van der Waals surface area (Å²) in [7, 11) is 0. The van der Waals surface area contributed by atoms with E-state index in [2.05, 4.69) is 10.6 Å². The second-order valence-electron chi connectivity index (χ2n) is 5.27. The summed E-state index contributed by atoms with van der Waals surface area (Å²) in [6, 6.07) is 0.190. The Balaban J connectivity index is 2.29. The molecule has 1 aliphatic rings. The number of rotatable bonds is 3. The molecule has 0 aromatic carbocycles. The van der Waals surface area contributed by atoms with Crippen molar-refractivity contribution in [2.75, 3.05) is 6.54 Å². The molecule has 0 aromatic heterocycles. The van der Waals surface area contributed by atoms with Gasteiger partial charge >= 0.3 is 11.8 Å². The van der Waals surface area contributed by atoms with Crippen LogP contribution in [0.15, 0.2) is 0 Å². The molecule has 4 heteroatoms. The Hall–Kier alpha value is -1.06. The first-order valence-corrected chi connectivity index (χ1v) is 6.68. The molecule has 0 aromatic rings. The van der Waals surface area contributed by atoms with Gasteiger partial charge in [-0.05, 0) is 18.8 Å². The molecule has 2 amide bonds. The van der Waals surface area contributed by atoms with Gasteiger partial charge in [-0.2, -0.15) is 0 Å². The summed E-state index contributed by atoms with van der Waals surface area (Å²) in [6.45, 7) is 4.56. The van der Waals surface area contributed by atoms with Gasteiger partial charge in [0, 0.05) is 12.6 Å². The van der Waals surface area contributed by atoms with Gasteiger partial charge in [-0.1, -0.05) is 39.5 Å². The molecular weight excluding hydrogens is 216 g/mol. The van der Waals surface area contributed by atoms with Crippen LogP contribution in [0, 0.1) is 5.92 Å². The highest BCUT2D eigenvalue weighted by Gasteiger charge is 2.19. The minimum absolute atomic E-state index is 0.190. The summed E-state index contributed by atoms with van der Waals surface area (Å²) in [5.74, 6) is -0.606. The summed E-state index contributed by atoms with van der Waals surface area (Å²) in [6.07, 6.45) is 6.79. The lowest BCUT2D eigenvalue weighted by Crippen LogP contribution is -2.45. The summed E-state index contributed by atoms with van der Waals surface area (Å²) in [5, 5.41) is 5.47. The van der Waals surface area contributed by atoms with E-state index >= 15 is 0 Å². The Kier molecular flexibility index (Phi) is 6.01. The predicted octanol–water partition coefficient (Wildman–Crippen LogP) is 1.60. The molecule has 2 N–H and O–H groups in total. The lowest BCUT2D eigenvalue weighted by atomic mass is 10.1. The minimum atomic E-state index is -0.497. The van der Waals surface area contributed by atoms with E-state index in [-0.39, 0.29) is 6.04 Å². The number of amides is 2. The monoisotopic (exact) mass is 240 g/mol. The summed E-state index contributed by atoms with van der Waals surface area (Å²) in [5.41, 5.74) is 0. The molecule has 1 aliphatic carbocycles. The van der Waals surface area contributed by atoms with Crippen molar-refractivity contribution in [3.05, 3.63) is 0 Å². The van der Waals surface area contributed by atoms with Crippen molar-refractivity contribution < 1.29 is 9.59 Å². The maximum atomic E-state index is 11.6. The molecule has 0 aliphatic heterocycles. The van der Waals surface area contributed by atoms with E-state index in [1.807, 2.05) is 13.8 Å². The SMILES string of the molecule is CC(C)CNC(=O)C(=O)NC1CCCCCC1. The molecule has 0 heterocycles. The van der Waals surface area contributed by atoms with Crippen molar-refractivity contribution in [2.45, 2.75) is 58.4 Å². The van der Waals surface area contributed by atoms with E-state index in [0.29, 0.717) is 12.5 Å². The van der Waals surface area contributed by atoms with Crippen LogP contribution < -0.4 is 10.6 Å². The summed E-state index contributed by atoms with van der Waals surface area (Å²) >= 11 is 0. The van der Waals surface area contributed by atoms with Crippen LogP contribution in [-0.4, -0.2) is 24.4 Å². The molecule has 0 saturated heterocycles. The topological polar surface area (TPSA) is 58.2 Å². The second kappa shape index (κ2) is 7.30. The van der Waals surface area contributed by atoms with Crippen molar-refractivity contribution in [3.8, 4) is 0 Å². The molecule has 1 rings (SSSR count). The third kappa shape index (κ3) is 5.71. The van der Waals surface area contributed by atoms with Gasteiger partial charge in [-0.15, -0.1) is 0 Å². The molecule has 1 fully saturated rings. The Labute approximate surface area is 104 Å². The first kappa shape index (κ1) is 14.0. The lowest BCUT2D eigenvalue weighted by Gasteiger charge is -2.16. The lowest BCUT2D eigenvalue weighted by molar-refractivity contribution is -0.139. The van der Waals surface area contributed by atoms with Gasteiger partial charge in [0.25, 0.3) is 0 Å². The smallest absolute Gasteiger partial charge is 0.309 e. The number of hydrogen-bond donors (Lipinski definition) is 2. The number of carbonyl (C=O) groups is 2. The van der Waals surface area contributed by atoms with Crippen LogP contribution in [0.2, 0.25) is 0 Å². The fourth-order valence-electron chi connectivity index (χ4n) is 2.05. The molecule has 0 unspecified atom stereocenters. The third-order valence-corrected chi connectivity index (χ3v) is 3.07. The van der Waals surface area contributed by atoms with Crippen LogP contribution in [0.25, 0.3) is 0 Å². The van der Waals surface area contributed by atoms with Crippen molar-refractivity contribution in [1.82, 2.24) is 10.6 Å². The fourth-order valence-corrected chi connectivity index (χ4v) is 2.05. The van der Waals surface area contributed by atoms with Gasteiger partial charge in [0.1, 0.15) is 0 Å². The second-order valence-corrected chi connectivity index (χ2v) is 5.27. The van der Waals surface area contributed by atoms with Gasteiger partial charge in [0.05, 0.1) is 0 Å². The zero-order valence-electron chi connectivity index (χ0n) is 10.9. The maximum Gasteiger partial charge on any atom is 0.309 e. The van der Waals surface area contributed by atoms with Crippen LogP contribution in [0.5, 0.6) is 0 Å². The Morgan fingerprint density at radius 3 is 2.18 bits per heavy atom. The largest absolute Gasteiger partial charge is 0.348 e. The number of carbonyl (C=O) groups excluding carboxylic acids is 2. The highest BCUT2D eigenvalue weighted by atomic mass is 16.2. The molecule has 1 saturated carbocycles. The van der Waals surface area contributed by atoms with E-state index in [1.165, 1.54) is 12.8 Å². The van der Waals surface area contributed by atoms with E-state index in [4.69, 9.17) is 0 Å². The van der Waals surface area contributed by atoms with Gasteiger partial charge in [-0.3, -0.25) is 9.59 Å². The van der Waals surface area contributed by atoms with E-state index in [1.54, 1.807) is 0 Å². The predicted molar refractivity (Wildman–Crippen MR) is 67.5 cm³/mol. The number of nitrogens with one attached hydrogen (secondary N) is 2. The molecular formula is C13H24N2O2. The van der Waals surface area contributed by atoms with Crippen molar-refractivity contribution >= 4 is 11.8 Å². The minimum Gasteiger partial charge on any atom is -0.348 e. The quantitative estimate of drug-likeness (QED) is 0.581. The first-order chi connectivity index (χ1) is 8.09. The molecule has 0 spiro atoms. The van der Waals surface area contributed by atoms with Crippen LogP contribution in [-0.2, 0) is 9.59 Å². The Morgan fingerprint density at radius 1 is 1.06 bits per heavy atom. The highest BCUT2D eigenvalue weighted by molar-refractivity contribution is 6.35. The molecule has 17 heavy (non-hydrogen) atoms. The summed E-state index contributed by atoms with van der Waals surface area (Å²) in [4.78, 5) is 23.1. The maximum absolute atomic E-state index is 11.6. The van der Waals surface area contributed by atoms with E-state index in [9.17, 15) is 9.59 Å². The zero-order chi connectivity index (χ0) is 12.7. The van der Waals surface area contributed by atoms with E-state index < -0.39 is 11.8 Å². The molecule has 0 atom stereocenters.